The van der Waals surface area contributed by atoms with Crippen LogP contribution in [0.25, 0.3) is 0 Å². The fourth-order valence-corrected chi connectivity index (χ4v) is 5.32. The van der Waals surface area contributed by atoms with E-state index in [2.05, 4.69) is 31.4 Å². The number of aromatic nitrogens is 2. The Morgan fingerprint density at radius 1 is 1.17 bits per heavy atom. The number of sulfonamides is 1. The Bertz CT molecular complexity index is 1090. The van der Waals surface area contributed by atoms with E-state index in [0.717, 1.165) is 26.2 Å². The van der Waals surface area contributed by atoms with Gasteiger partial charge in [0, 0.05) is 10.2 Å². The molecule has 0 atom stereocenters. The molecule has 1 aromatic heterocycles. The predicted molar refractivity (Wildman–Crippen MR) is 121 cm³/mol. The number of nitrogens with zero attached hydrogens (tertiary/aromatic N) is 3. The van der Waals surface area contributed by atoms with Crippen molar-refractivity contribution in [1.29, 1.82) is 0 Å². The highest BCUT2D eigenvalue weighted by molar-refractivity contribution is 9.10. The van der Waals surface area contributed by atoms with Crippen LogP contribution in [0.15, 0.2) is 63.4 Å². The molecule has 3 rings (SSSR count). The first-order chi connectivity index (χ1) is 13.8. The molecule has 2 aromatic carbocycles. The minimum absolute atomic E-state index is 0.327. The lowest BCUT2D eigenvalue weighted by molar-refractivity contribution is -0.114. The zero-order valence-corrected chi connectivity index (χ0v) is 19.3. The molecule has 0 bridgehead atoms. The molecular weight excluding hydrogens is 496 g/mol. The van der Waals surface area contributed by atoms with Crippen molar-refractivity contribution in [2.24, 2.45) is 0 Å². The second kappa shape index (κ2) is 9.70. The van der Waals surface area contributed by atoms with Gasteiger partial charge in [-0.25, -0.2) is 8.42 Å². The number of anilines is 2. The van der Waals surface area contributed by atoms with Crippen LogP contribution in [-0.2, 0) is 20.6 Å². The number of halogens is 1. The number of amides is 1. The normalized spacial score (nSPS) is 11.2. The number of nitrogens with one attached hydrogen (secondary N) is 1. The standard InChI is InChI=1S/C18H17BrN4O3S3/c1-29(25,26)23(15-9-5-8-14(19)10-15)11-16(24)20-17-21-22-18(28-17)27-12-13-6-3-2-4-7-13/h2-10H,11-12H2,1H3,(H,20,21,24). The summed E-state index contributed by atoms with van der Waals surface area (Å²) in [5.74, 6) is 0.250. The van der Waals surface area contributed by atoms with Crippen LogP contribution in [0.5, 0.6) is 0 Å². The summed E-state index contributed by atoms with van der Waals surface area (Å²) < 4.78 is 26.8. The van der Waals surface area contributed by atoms with Crippen LogP contribution in [0.2, 0.25) is 0 Å². The minimum atomic E-state index is -3.64. The van der Waals surface area contributed by atoms with E-state index in [-0.39, 0.29) is 6.54 Å². The van der Waals surface area contributed by atoms with Crippen molar-refractivity contribution in [3.05, 3.63) is 64.6 Å². The Hall–Kier alpha value is -1.95. The first kappa shape index (κ1) is 21.8. The smallest absolute Gasteiger partial charge is 0.246 e. The summed E-state index contributed by atoms with van der Waals surface area (Å²) in [5.41, 5.74) is 1.56. The number of hydrogen-bond donors (Lipinski definition) is 1. The topological polar surface area (TPSA) is 92.3 Å². The molecule has 0 saturated carbocycles. The van der Waals surface area contributed by atoms with E-state index >= 15 is 0 Å². The maximum Gasteiger partial charge on any atom is 0.246 e. The summed E-state index contributed by atoms with van der Waals surface area (Å²) in [7, 11) is -3.64. The average Bonchev–Trinajstić information content (AvgIpc) is 3.11. The summed E-state index contributed by atoms with van der Waals surface area (Å²) in [6.45, 7) is -0.360. The number of thioether (sulfide) groups is 1. The third-order valence-corrected chi connectivity index (χ3v) is 7.32. The molecule has 3 aromatic rings. The van der Waals surface area contributed by atoms with Crippen molar-refractivity contribution in [3.63, 3.8) is 0 Å². The maximum atomic E-state index is 12.4. The number of carbonyl (C=O) groups excluding carboxylic acids is 1. The first-order valence-electron chi connectivity index (χ1n) is 8.34. The molecule has 7 nitrogen and oxygen atoms in total. The molecule has 0 unspecified atom stereocenters. The van der Waals surface area contributed by atoms with Gasteiger partial charge >= 0.3 is 0 Å². The van der Waals surface area contributed by atoms with Crippen LogP contribution >= 0.6 is 39.0 Å². The van der Waals surface area contributed by atoms with Gasteiger partial charge in [0.1, 0.15) is 6.54 Å². The van der Waals surface area contributed by atoms with Gasteiger partial charge in [-0.3, -0.25) is 14.4 Å². The lowest BCUT2D eigenvalue weighted by Crippen LogP contribution is -2.37. The van der Waals surface area contributed by atoms with Gasteiger partial charge in [-0.05, 0) is 23.8 Å². The third kappa shape index (κ3) is 6.53. The van der Waals surface area contributed by atoms with E-state index in [4.69, 9.17) is 0 Å². The fourth-order valence-electron chi connectivity index (χ4n) is 2.36. The number of carbonyl (C=O) groups is 1. The van der Waals surface area contributed by atoms with Crippen LogP contribution in [0, 0.1) is 0 Å². The third-order valence-electron chi connectivity index (χ3n) is 3.64. The molecule has 1 heterocycles. The second-order valence-electron chi connectivity index (χ2n) is 5.95. The number of hydrogen-bond acceptors (Lipinski definition) is 7. The van der Waals surface area contributed by atoms with E-state index in [9.17, 15) is 13.2 Å². The highest BCUT2D eigenvalue weighted by atomic mass is 79.9. The second-order valence-corrected chi connectivity index (χ2v) is 11.0. The molecule has 0 fully saturated rings. The summed E-state index contributed by atoms with van der Waals surface area (Å²) in [4.78, 5) is 12.4. The van der Waals surface area contributed by atoms with Gasteiger partial charge in [0.15, 0.2) is 4.34 Å². The molecule has 0 radical (unpaired) electrons. The van der Waals surface area contributed by atoms with Crippen molar-refractivity contribution in [2.75, 3.05) is 22.4 Å². The summed E-state index contributed by atoms with van der Waals surface area (Å²) in [6.07, 6.45) is 1.06. The molecule has 0 spiro atoms. The average molecular weight is 513 g/mol. The largest absolute Gasteiger partial charge is 0.299 e. The van der Waals surface area contributed by atoms with Crippen LogP contribution in [0.3, 0.4) is 0 Å². The zero-order valence-electron chi connectivity index (χ0n) is 15.3. The number of benzene rings is 2. The van der Waals surface area contributed by atoms with Gasteiger partial charge < -0.3 is 0 Å². The highest BCUT2D eigenvalue weighted by Crippen LogP contribution is 2.28. The van der Waals surface area contributed by atoms with Gasteiger partial charge in [-0.15, -0.1) is 10.2 Å². The SMILES string of the molecule is CS(=O)(=O)N(CC(=O)Nc1nnc(SCc2ccccc2)s1)c1cccc(Br)c1. The Morgan fingerprint density at radius 3 is 2.62 bits per heavy atom. The lowest BCUT2D eigenvalue weighted by Gasteiger charge is -2.21. The molecule has 0 aliphatic carbocycles. The van der Waals surface area contributed by atoms with Crippen molar-refractivity contribution in [2.45, 2.75) is 10.1 Å². The molecule has 29 heavy (non-hydrogen) atoms. The molecule has 1 N–H and O–H groups in total. The van der Waals surface area contributed by atoms with Gasteiger partial charge in [0.05, 0.1) is 11.9 Å². The van der Waals surface area contributed by atoms with Crippen molar-refractivity contribution < 1.29 is 13.2 Å². The van der Waals surface area contributed by atoms with Gasteiger partial charge in [-0.1, -0.05) is 75.4 Å². The Kier molecular flexibility index (Phi) is 7.28. The Balaban J connectivity index is 1.62. The van der Waals surface area contributed by atoms with Crippen molar-refractivity contribution >= 4 is 65.8 Å². The van der Waals surface area contributed by atoms with E-state index in [1.807, 2.05) is 30.3 Å². The quantitative estimate of drug-likeness (QED) is 0.362. The van der Waals surface area contributed by atoms with E-state index in [0.29, 0.717) is 15.3 Å². The van der Waals surface area contributed by atoms with Crippen molar-refractivity contribution in [3.8, 4) is 0 Å². The van der Waals surface area contributed by atoms with Crippen LogP contribution in [0.4, 0.5) is 10.8 Å². The molecule has 152 valence electrons. The molecule has 0 aliphatic rings. The molecule has 0 saturated heterocycles. The Labute approximate surface area is 185 Å². The fraction of sp³-hybridized carbons (Fsp3) is 0.167. The predicted octanol–water partition coefficient (Wildman–Crippen LogP) is 4.00. The Morgan fingerprint density at radius 2 is 1.93 bits per heavy atom. The van der Waals surface area contributed by atoms with Gasteiger partial charge in [0.25, 0.3) is 0 Å². The van der Waals surface area contributed by atoms with E-state index in [1.54, 1.807) is 24.3 Å². The van der Waals surface area contributed by atoms with Gasteiger partial charge in [-0.2, -0.15) is 0 Å². The summed E-state index contributed by atoms with van der Waals surface area (Å²) in [6, 6.07) is 16.7. The first-order valence-corrected chi connectivity index (χ1v) is 12.8. The molecule has 1 amide bonds. The highest BCUT2D eigenvalue weighted by Gasteiger charge is 2.22. The molecule has 0 aliphatic heterocycles. The minimum Gasteiger partial charge on any atom is -0.299 e. The van der Waals surface area contributed by atoms with Crippen LogP contribution in [-0.4, -0.2) is 37.3 Å². The number of rotatable bonds is 8. The maximum absolute atomic E-state index is 12.4. The molecular formula is C18H17BrN4O3S3. The van der Waals surface area contributed by atoms with Gasteiger partial charge in [0.2, 0.25) is 21.1 Å². The summed E-state index contributed by atoms with van der Waals surface area (Å²) >= 11 is 6.08. The van der Waals surface area contributed by atoms with Crippen molar-refractivity contribution in [1.82, 2.24) is 10.2 Å². The van der Waals surface area contributed by atoms with Crippen LogP contribution < -0.4 is 9.62 Å². The van der Waals surface area contributed by atoms with E-state index in [1.165, 1.54) is 23.1 Å². The van der Waals surface area contributed by atoms with Crippen LogP contribution in [0.1, 0.15) is 5.56 Å². The van der Waals surface area contributed by atoms with E-state index < -0.39 is 15.9 Å². The molecule has 11 heteroatoms. The monoisotopic (exact) mass is 512 g/mol. The zero-order chi connectivity index (χ0) is 20.9. The summed E-state index contributed by atoms with van der Waals surface area (Å²) in [5, 5.41) is 11.0. The lowest BCUT2D eigenvalue weighted by atomic mass is 10.2.